The van der Waals surface area contributed by atoms with Crippen molar-refractivity contribution in [3.05, 3.63) is 77.3 Å². The third kappa shape index (κ3) is 3.12. The summed E-state index contributed by atoms with van der Waals surface area (Å²) in [6.45, 7) is 0. The second-order valence-electron chi connectivity index (χ2n) is 4.94. The first-order valence-corrected chi connectivity index (χ1v) is 7.40. The Morgan fingerprint density at radius 2 is 1.83 bits per heavy atom. The molecule has 0 saturated carbocycles. The number of rotatable bonds is 4. The second kappa shape index (κ2) is 6.67. The van der Waals surface area contributed by atoms with Crippen molar-refractivity contribution < 1.29 is 13.9 Å². The molecule has 4 nitrogen and oxygen atoms in total. The third-order valence-electron chi connectivity index (χ3n) is 3.54. The first kappa shape index (κ1) is 15.3. The van der Waals surface area contributed by atoms with E-state index in [0.717, 1.165) is 11.1 Å². The number of nitrogens with zero attached hydrogens (tertiary/aromatic N) is 1. The first-order chi connectivity index (χ1) is 11.2. The van der Waals surface area contributed by atoms with Crippen LogP contribution in [0.25, 0.3) is 11.3 Å². The molecule has 0 N–H and O–H groups in total. The van der Waals surface area contributed by atoms with Gasteiger partial charge in [0.25, 0.3) is 0 Å². The van der Waals surface area contributed by atoms with Crippen molar-refractivity contribution in [3.8, 4) is 11.3 Å². The zero-order valence-corrected chi connectivity index (χ0v) is 13.2. The van der Waals surface area contributed by atoms with Crippen molar-refractivity contribution >= 4 is 17.6 Å². The van der Waals surface area contributed by atoms with Gasteiger partial charge in [-0.25, -0.2) is 4.98 Å². The number of oxazole rings is 1. The fourth-order valence-electron chi connectivity index (χ4n) is 2.44. The van der Waals surface area contributed by atoms with Crippen molar-refractivity contribution in [2.24, 2.45) is 0 Å². The molecule has 3 rings (SSSR count). The number of carbonyl (C=O) groups excluding carboxylic acids is 1. The maximum Gasteiger partial charge on any atom is 0.319 e. The summed E-state index contributed by atoms with van der Waals surface area (Å²) in [5.74, 6) is -0.527. The van der Waals surface area contributed by atoms with Crippen LogP contribution in [0, 0.1) is 0 Å². The Hall–Kier alpha value is -2.59. The van der Waals surface area contributed by atoms with Crippen LogP contribution in [0.4, 0.5) is 0 Å². The Kier molecular flexibility index (Phi) is 4.44. The molecule has 0 fully saturated rings. The summed E-state index contributed by atoms with van der Waals surface area (Å²) >= 11 is 5.93. The summed E-state index contributed by atoms with van der Waals surface area (Å²) in [6.07, 6.45) is 1.34. The standard InChI is InChI=1S/C18H14ClNO3/c1-22-18(21)15(12-7-9-14(19)10-8-12)16-17(23-11-20-16)13-5-3-2-4-6-13/h2-11,15H,1H3. The van der Waals surface area contributed by atoms with Crippen LogP contribution in [0.5, 0.6) is 0 Å². The van der Waals surface area contributed by atoms with Gasteiger partial charge in [0.1, 0.15) is 11.6 Å². The number of hydrogen-bond acceptors (Lipinski definition) is 4. The van der Waals surface area contributed by atoms with E-state index in [1.54, 1.807) is 24.3 Å². The van der Waals surface area contributed by atoms with Gasteiger partial charge in [0.15, 0.2) is 12.2 Å². The minimum absolute atomic E-state index is 0.404. The van der Waals surface area contributed by atoms with Crippen LogP contribution in [-0.4, -0.2) is 18.1 Å². The second-order valence-corrected chi connectivity index (χ2v) is 5.38. The highest BCUT2D eigenvalue weighted by Gasteiger charge is 2.30. The SMILES string of the molecule is COC(=O)C(c1ccc(Cl)cc1)c1ncoc1-c1ccccc1. The van der Waals surface area contributed by atoms with Crippen LogP contribution in [0.1, 0.15) is 17.2 Å². The van der Waals surface area contributed by atoms with Crippen LogP contribution >= 0.6 is 11.6 Å². The summed E-state index contributed by atoms with van der Waals surface area (Å²) in [7, 11) is 1.35. The van der Waals surface area contributed by atoms with Gasteiger partial charge < -0.3 is 9.15 Å². The summed E-state index contributed by atoms with van der Waals surface area (Å²) in [4.78, 5) is 16.6. The molecule has 0 aliphatic rings. The molecular formula is C18H14ClNO3. The maximum atomic E-state index is 12.3. The maximum absolute atomic E-state index is 12.3. The minimum Gasteiger partial charge on any atom is -0.468 e. The van der Waals surface area contributed by atoms with Gasteiger partial charge in [0.05, 0.1) is 7.11 Å². The number of ether oxygens (including phenoxy) is 1. The number of aromatic nitrogens is 1. The molecule has 0 radical (unpaired) electrons. The summed E-state index contributed by atoms with van der Waals surface area (Å²) < 4.78 is 10.5. The molecule has 1 heterocycles. The molecule has 1 unspecified atom stereocenters. The van der Waals surface area contributed by atoms with Gasteiger partial charge in [-0.3, -0.25) is 4.79 Å². The van der Waals surface area contributed by atoms with Crippen molar-refractivity contribution in [2.45, 2.75) is 5.92 Å². The molecule has 1 aromatic heterocycles. The topological polar surface area (TPSA) is 52.3 Å². The van der Waals surface area contributed by atoms with E-state index in [-0.39, 0.29) is 0 Å². The van der Waals surface area contributed by atoms with Crippen LogP contribution in [-0.2, 0) is 9.53 Å². The average Bonchev–Trinajstić information content (AvgIpc) is 3.06. The number of halogens is 1. The summed E-state index contributed by atoms with van der Waals surface area (Å²) in [6, 6.07) is 16.6. The highest BCUT2D eigenvalue weighted by Crippen LogP contribution is 2.33. The van der Waals surface area contributed by atoms with Gasteiger partial charge in [-0.15, -0.1) is 0 Å². The highest BCUT2D eigenvalue weighted by molar-refractivity contribution is 6.30. The minimum atomic E-state index is -0.675. The Bertz CT molecular complexity index is 797. The summed E-state index contributed by atoms with van der Waals surface area (Å²) in [5.41, 5.74) is 2.11. The molecule has 2 aromatic carbocycles. The molecule has 0 saturated heterocycles. The van der Waals surface area contributed by atoms with E-state index in [2.05, 4.69) is 4.98 Å². The van der Waals surface area contributed by atoms with E-state index < -0.39 is 11.9 Å². The number of esters is 1. The highest BCUT2D eigenvalue weighted by atomic mass is 35.5. The van der Waals surface area contributed by atoms with Gasteiger partial charge >= 0.3 is 5.97 Å². The normalized spacial score (nSPS) is 11.9. The quantitative estimate of drug-likeness (QED) is 0.670. The molecule has 23 heavy (non-hydrogen) atoms. The van der Waals surface area contributed by atoms with Crippen molar-refractivity contribution in [1.82, 2.24) is 4.98 Å². The van der Waals surface area contributed by atoms with Crippen LogP contribution < -0.4 is 0 Å². The molecule has 0 aliphatic carbocycles. The van der Waals surface area contributed by atoms with Crippen molar-refractivity contribution in [1.29, 1.82) is 0 Å². The number of benzene rings is 2. The molecule has 0 spiro atoms. The Morgan fingerprint density at radius 3 is 2.48 bits per heavy atom. The van der Waals surface area contributed by atoms with Crippen molar-refractivity contribution in [3.63, 3.8) is 0 Å². The average molecular weight is 328 g/mol. The van der Waals surface area contributed by atoms with E-state index in [1.165, 1.54) is 13.5 Å². The molecule has 3 aromatic rings. The van der Waals surface area contributed by atoms with Gasteiger partial charge in [-0.2, -0.15) is 0 Å². The molecule has 1 atom stereocenters. The van der Waals surface area contributed by atoms with E-state index in [4.69, 9.17) is 20.8 Å². The van der Waals surface area contributed by atoms with Crippen molar-refractivity contribution in [2.75, 3.05) is 7.11 Å². The number of methoxy groups -OCH3 is 1. The molecule has 116 valence electrons. The van der Waals surface area contributed by atoms with Gasteiger partial charge in [0, 0.05) is 10.6 Å². The lowest BCUT2D eigenvalue weighted by Crippen LogP contribution is -2.16. The Balaban J connectivity index is 2.10. The van der Waals surface area contributed by atoms with Gasteiger partial charge in [0.2, 0.25) is 0 Å². The van der Waals surface area contributed by atoms with Crippen LogP contribution in [0.15, 0.2) is 65.4 Å². The lowest BCUT2D eigenvalue weighted by Gasteiger charge is -2.14. The number of hydrogen-bond donors (Lipinski definition) is 0. The lowest BCUT2D eigenvalue weighted by atomic mass is 9.93. The Morgan fingerprint density at radius 1 is 1.13 bits per heavy atom. The molecule has 0 aliphatic heterocycles. The monoisotopic (exact) mass is 327 g/mol. The molecule has 5 heteroatoms. The lowest BCUT2D eigenvalue weighted by molar-refractivity contribution is -0.141. The predicted octanol–water partition coefficient (Wildman–Crippen LogP) is 4.30. The van der Waals surface area contributed by atoms with Crippen LogP contribution in [0.2, 0.25) is 5.02 Å². The van der Waals surface area contributed by atoms with Crippen LogP contribution in [0.3, 0.4) is 0 Å². The fourth-order valence-corrected chi connectivity index (χ4v) is 2.57. The van der Waals surface area contributed by atoms with Gasteiger partial charge in [-0.1, -0.05) is 54.1 Å². The molecular weight excluding hydrogens is 314 g/mol. The third-order valence-corrected chi connectivity index (χ3v) is 3.80. The zero-order chi connectivity index (χ0) is 16.2. The zero-order valence-electron chi connectivity index (χ0n) is 12.4. The molecule has 0 amide bonds. The first-order valence-electron chi connectivity index (χ1n) is 7.03. The largest absolute Gasteiger partial charge is 0.468 e. The summed E-state index contributed by atoms with van der Waals surface area (Å²) in [5, 5.41) is 0.598. The Labute approximate surface area is 138 Å². The van der Waals surface area contributed by atoms with Gasteiger partial charge in [-0.05, 0) is 17.7 Å². The van der Waals surface area contributed by atoms with E-state index >= 15 is 0 Å². The predicted molar refractivity (Wildman–Crippen MR) is 87.3 cm³/mol. The fraction of sp³-hybridized carbons (Fsp3) is 0.111. The number of carbonyl (C=O) groups is 1. The van der Waals surface area contributed by atoms with E-state index in [1.807, 2.05) is 30.3 Å². The smallest absolute Gasteiger partial charge is 0.319 e. The van der Waals surface area contributed by atoms with E-state index in [9.17, 15) is 4.79 Å². The molecule has 0 bridgehead atoms. The van der Waals surface area contributed by atoms with E-state index in [0.29, 0.717) is 16.5 Å².